The Bertz CT molecular complexity index is 342. The molecule has 1 aromatic heterocycles. The number of hydrogen-bond donors (Lipinski definition) is 2. The average Bonchev–Trinajstić information content (AvgIpc) is 1.96. The summed E-state index contributed by atoms with van der Waals surface area (Å²) in [5.41, 5.74) is 10.9. The molecule has 0 aromatic carbocycles. The number of rotatable bonds is 1. The van der Waals surface area contributed by atoms with Gasteiger partial charge < -0.3 is 11.5 Å². The van der Waals surface area contributed by atoms with Crippen molar-refractivity contribution in [1.29, 1.82) is 0 Å². The van der Waals surface area contributed by atoms with Crippen LogP contribution in [0.25, 0.3) is 0 Å². The van der Waals surface area contributed by atoms with Crippen molar-refractivity contribution in [1.82, 2.24) is 4.98 Å². The highest BCUT2D eigenvalue weighted by atomic mass is 79.9. The molecule has 1 heterocycles. The molecule has 6 heteroatoms. The fourth-order valence-electron chi connectivity index (χ4n) is 0.698. The second kappa shape index (κ2) is 3.28. The van der Waals surface area contributed by atoms with Gasteiger partial charge in [0, 0.05) is 0 Å². The van der Waals surface area contributed by atoms with Gasteiger partial charge in [-0.1, -0.05) is 11.6 Å². The van der Waals surface area contributed by atoms with Gasteiger partial charge in [-0.3, -0.25) is 4.79 Å². The number of amides is 1. The lowest BCUT2D eigenvalue weighted by Crippen LogP contribution is -2.14. The van der Waals surface area contributed by atoms with Gasteiger partial charge in [0.25, 0.3) is 5.91 Å². The molecule has 0 aliphatic carbocycles. The standard InChI is InChI=1S/C6H5BrClN3O/c7-5-4(9)2(6(10)12)1-3(8)11-5/h1H,9H2,(H2,10,12). The molecule has 0 spiro atoms. The van der Waals surface area contributed by atoms with E-state index in [0.717, 1.165) is 0 Å². The average molecular weight is 250 g/mol. The van der Waals surface area contributed by atoms with Crippen LogP contribution in [-0.4, -0.2) is 10.9 Å². The Morgan fingerprint density at radius 1 is 1.67 bits per heavy atom. The van der Waals surface area contributed by atoms with E-state index < -0.39 is 5.91 Å². The van der Waals surface area contributed by atoms with Crippen LogP contribution in [0.15, 0.2) is 10.7 Å². The van der Waals surface area contributed by atoms with E-state index >= 15 is 0 Å². The third-order valence-corrected chi connectivity index (χ3v) is 2.04. The van der Waals surface area contributed by atoms with Crippen molar-refractivity contribution in [2.75, 3.05) is 5.73 Å². The summed E-state index contributed by atoms with van der Waals surface area (Å²) in [4.78, 5) is 14.5. The number of nitrogens with zero attached hydrogens (tertiary/aromatic N) is 1. The number of pyridine rings is 1. The molecule has 0 unspecified atom stereocenters. The van der Waals surface area contributed by atoms with Gasteiger partial charge in [-0.25, -0.2) is 4.98 Å². The van der Waals surface area contributed by atoms with Gasteiger partial charge in [0.2, 0.25) is 0 Å². The first-order chi connectivity index (χ1) is 5.52. The molecule has 0 radical (unpaired) electrons. The summed E-state index contributed by atoms with van der Waals surface area (Å²) in [6.07, 6.45) is 0. The lowest BCUT2D eigenvalue weighted by atomic mass is 10.2. The van der Waals surface area contributed by atoms with Gasteiger partial charge in [-0.2, -0.15) is 0 Å². The minimum absolute atomic E-state index is 0.168. The van der Waals surface area contributed by atoms with Gasteiger partial charge >= 0.3 is 0 Å². The largest absolute Gasteiger partial charge is 0.396 e. The van der Waals surface area contributed by atoms with Crippen molar-refractivity contribution >= 4 is 39.1 Å². The highest BCUT2D eigenvalue weighted by molar-refractivity contribution is 9.10. The van der Waals surface area contributed by atoms with E-state index in [1.165, 1.54) is 6.07 Å². The molecule has 0 saturated heterocycles. The first kappa shape index (κ1) is 9.28. The molecule has 12 heavy (non-hydrogen) atoms. The first-order valence-electron chi connectivity index (χ1n) is 2.93. The van der Waals surface area contributed by atoms with E-state index in [0.29, 0.717) is 4.60 Å². The summed E-state index contributed by atoms with van der Waals surface area (Å²) < 4.78 is 0.323. The Morgan fingerprint density at radius 3 is 2.75 bits per heavy atom. The molecule has 64 valence electrons. The molecule has 0 fully saturated rings. The van der Waals surface area contributed by atoms with Crippen molar-refractivity contribution < 1.29 is 4.79 Å². The summed E-state index contributed by atoms with van der Waals surface area (Å²) in [6, 6.07) is 1.32. The Morgan fingerprint density at radius 2 is 2.25 bits per heavy atom. The van der Waals surface area contributed by atoms with Crippen LogP contribution in [0, 0.1) is 0 Å². The number of nitrogens with two attached hydrogens (primary N) is 2. The number of carbonyl (C=O) groups is 1. The topological polar surface area (TPSA) is 82.0 Å². The van der Waals surface area contributed by atoms with Crippen LogP contribution in [0.4, 0.5) is 5.69 Å². The maximum absolute atomic E-state index is 10.8. The summed E-state index contributed by atoms with van der Waals surface area (Å²) in [7, 11) is 0. The lowest BCUT2D eigenvalue weighted by molar-refractivity contribution is 0.100. The van der Waals surface area contributed by atoms with Crippen LogP contribution < -0.4 is 11.5 Å². The zero-order chi connectivity index (χ0) is 9.30. The predicted molar refractivity (Wildman–Crippen MR) is 49.9 cm³/mol. The van der Waals surface area contributed by atoms with Gasteiger partial charge in [-0.15, -0.1) is 0 Å². The van der Waals surface area contributed by atoms with Crippen molar-refractivity contribution in [3.63, 3.8) is 0 Å². The third-order valence-electron chi connectivity index (χ3n) is 1.25. The van der Waals surface area contributed by atoms with E-state index in [4.69, 9.17) is 23.1 Å². The molecule has 1 rings (SSSR count). The Kier molecular flexibility index (Phi) is 2.54. The normalized spacial score (nSPS) is 9.83. The molecule has 1 amide bonds. The smallest absolute Gasteiger partial charge is 0.251 e. The van der Waals surface area contributed by atoms with Crippen molar-refractivity contribution in [2.24, 2.45) is 5.73 Å². The Balaban J connectivity index is 3.37. The molecule has 0 atom stereocenters. The zero-order valence-electron chi connectivity index (χ0n) is 5.84. The summed E-state index contributed by atoms with van der Waals surface area (Å²) in [5.74, 6) is -0.627. The molecule has 0 aliphatic heterocycles. The van der Waals surface area contributed by atoms with Crippen LogP contribution in [0.3, 0.4) is 0 Å². The summed E-state index contributed by atoms with van der Waals surface area (Å²) in [6.45, 7) is 0. The maximum atomic E-state index is 10.8. The second-order valence-electron chi connectivity index (χ2n) is 2.06. The van der Waals surface area contributed by atoms with Crippen molar-refractivity contribution in [3.05, 3.63) is 21.4 Å². The Labute approximate surface area is 82.0 Å². The fraction of sp³-hybridized carbons (Fsp3) is 0. The van der Waals surface area contributed by atoms with Crippen LogP contribution in [-0.2, 0) is 0 Å². The predicted octanol–water partition coefficient (Wildman–Crippen LogP) is 1.18. The first-order valence-corrected chi connectivity index (χ1v) is 4.10. The minimum atomic E-state index is -0.627. The number of halogens is 2. The van der Waals surface area contributed by atoms with Gasteiger partial charge in [-0.05, 0) is 22.0 Å². The number of aromatic nitrogens is 1. The van der Waals surface area contributed by atoms with Crippen LogP contribution in [0.5, 0.6) is 0 Å². The highest BCUT2D eigenvalue weighted by Gasteiger charge is 2.10. The number of nitrogen functional groups attached to an aromatic ring is 1. The second-order valence-corrected chi connectivity index (χ2v) is 3.20. The van der Waals surface area contributed by atoms with Crippen LogP contribution in [0.2, 0.25) is 5.15 Å². The van der Waals surface area contributed by atoms with E-state index in [1.54, 1.807) is 0 Å². The number of carbonyl (C=O) groups excluding carboxylic acids is 1. The lowest BCUT2D eigenvalue weighted by Gasteiger charge is -2.02. The molecule has 0 saturated carbocycles. The van der Waals surface area contributed by atoms with Gasteiger partial charge in [0.15, 0.2) is 0 Å². The monoisotopic (exact) mass is 249 g/mol. The molecular formula is C6H5BrClN3O. The van der Waals surface area contributed by atoms with Gasteiger partial charge in [0.1, 0.15) is 9.76 Å². The Hall–Kier alpha value is -0.810. The summed E-state index contributed by atoms with van der Waals surface area (Å²) in [5, 5.41) is 0.171. The third kappa shape index (κ3) is 1.67. The molecule has 4 nitrogen and oxygen atoms in total. The van der Waals surface area contributed by atoms with Crippen LogP contribution in [0.1, 0.15) is 10.4 Å². The molecule has 1 aromatic rings. The van der Waals surface area contributed by atoms with Crippen LogP contribution >= 0.6 is 27.5 Å². The fourth-order valence-corrected chi connectivity index (χ4v) is 1.40. The number of primary amides is 1. The summed E-state index contributed by atoms with van der Waals surface area (Å²) >= 11 is 8.60. The molecular weight excluding hydrogens is 245 g/mol. The van der Waals surface area contributed by atoms with E-state index in [2.05, 4.69) is 20.9 Å². The maximum Gasteiger partial charge on any atom is 0.251 e. The quantitative estimate of drug-likeness (QED) is 0.734. The molecule has 0 bridgehead atoms. The molecule has 4 N–H and O–H groups in total. The highest BCUT2D eigenvalue weighted by Crippen LogP contribution is 2.23. The van der Waals surface area contributed by atoms with E-state index in [-0.39, 0.29) is 16.4 Å². The zero-order valence-corrected chi connectivity index (χ0v) is 8.19. The number of hydrogen-bond acceptors (Lipinski definition) is 3. The SMILES string of the molecule is NC(=O)c1cc(Cl)nc(Br)c1N. The van der Waals surface area contributed by atoms with Crippen molar-refractivity contribution in [3.8, 4) is 0 Å². The van der Waals surface area contributed by atoms with Crippen molar-refractivity contribution in [2.45, 2.75) is 0 Å². The number of anilines is 1. The van der Waals surface area contributed by atoms with Gasteiger partial charge in [0.05, 0.1) is 11.3 Å². The van der Waals surface area contributed by atoms with E-state index in [1.807, 2.05) is 0 Å². The minimum Gasteiger partial charge on any atom is -0.396 e. The van der Waals surface area contributed by atoms with E-state index in [9.17, 15) is 4.79 Å². The molecule has 0 aliphatic rings.